The fourth-order valence-electron chi connectivity index (χ4n) is 2.07. The van der Waals surface area contributed by atoms with Crippen molar-refractivity contribution in [2.75, 3.05) is 20.2 Å². The number of carbonyl (C=O) groups excluding carboxylic acids is 3. The van der Waals surface area contributed by atoms with Gasteiger partial charge in [-0.15, -0.1) is 0 Å². The molecule has 128 valence electrons. The van der Waals surface area contributed by atoms with Crippen molar-refractivity contribution in [3.63, 3.8) is 0 Å². The van der Waals surface area contributed by atoms with E-state index in [1.54, 1.807) is 13.8 Å². The number of fused-ring (bicyclic) bond motifs is 1. The summed E-state index contributed by atoms with van der Waals surface area (Å²) in [5.74, 6) is -1.01. The molecule has 0 aliphatic rings. The second-order valence-corrected chi connectivity index (χ2v) is 5.02. The van der Waals surface area contributed by atoms with E-state index in [1.165, 1.54) is 17.9 Å². The quantitative estimate of drug-likeness (QED) is 0.628. The van der Waals surface area contributed by atoms with Gasteiger partial charge in [0.05, 0.1) is 13.0 Å². The molecule has 2 aromatic heterocycles. The van der Waals surface area contributed by atoms with Crippen LogP contribution in [0.25, 0.3) is 5.78 Å². The molecule has 2 aromatic rings. The lowest BCUT2D eigenvalue weighted by Gasteiger charge is -2.10. The van der Waals surface area contributed by atoms with Crippen molar-refractivity contribution >= 4 is 23.6 Å². The number of likely N-dealkylation sites (N-methyl/N-ethyl adjacent to an activating group) is 1. The van der Waals surface area contributed by atoms with Gasteiger partial charge in [-0.2, -0.15) is 10.1 Å². The fraction of sp³-hybridized carbons (Fsp3) is 0.429. The molecule has 24 heavy (non-hydrogen) atoms. The molecule has 10 nitrogen and oxygen atoms in total. The zero-order chi connectivity index (χ0) is 17.7. The minimum Gasteiger partial charge on any atom is -0.455 e. The highest BCUT2D eigenvalue weighted by Gasteiger charge is 2.16. The topological polar surface area (TPSA) is 128 Å². The normalized spacial score (nSPS) is 10.5. The third-order valence-corrected chi connectivity index (χ3v) is 3.40. The minimum atomic E-state index is -0.572. The maximum atomic E-state index is 11.9. The molecule has 0 aromatic carbocycles. The van der Waals surface area contributed by atoms with Crippen molar-refractivity contribution in [1.82, 2.24) is 30.2 Å². The highest BCUT2D eigenvalue weighted by atomic mass is 16.5. The number of nitrogens with one attached hydrogen (secondary N) is 2. The Morgan fingerprint density at radius 3 is 2.71 bits per heavy atom. The number of ether oxygens (including phenoxy) is 1. The van der Waals surface area contributed by atoms with Crippen LogP contribution < -0.4 is 10.6 Å². The number of rotatable bonds is 6. The summed E-state index contributed by atoms with van der Waals surface area (Å²) < 4.78 is 6.45. The lowest BCUT2D eigenvalue weighted by atomic mass is 10.1. The van der Waals surface area contributed by atoms with E-state index < -0.39 is 18.5 Å². The van der Waals surface area contributed by atoms with Gasteiger partial charge < -0.3 is 15.4 Å². The number of hydrogen-bond acceptors (Lipinski definition) is 7. The van der Waals surface area contributed by atoms with Gasteiger partial charge in [0.15, 0.2) is 6.61 Å². The summed E-state index contributed by atoms with van der Waals surface area (Å²) in [6.07, 6.45) is 1.34. The molecule has 0 spiro atoms. The monoisotopic (exact) mass is 334 g/mol. The van der Waals surface area contributed by atoms with Crippen LogP contribution in [0.1, 0.15) is 17.0 Å². The molecular weight excluding hydrogens is 316 g/mol. The van der Waals surface area contributed by atoms with Crippen molar-refractivity contribution < 1.29 is 19.1 Å². The summed E-state index contributed by atoms with van der Waals surface area (Å²) in [5.41, 5.74) is 2.05. The molecule has 0 unspecified atom stereocenters. The Hall–Kier alpha value is -3.04. The molecular formula is C14H18N6O4. The third-order valence-electron chi connectivity index (χ3n) is 3.40. The van der Waals surface area contributed by atoms with Crippen LogP contribution in [0.15, 0.2) is 6.33 Å². The van der Waals surface area contributed by atoms with Crippen molar-refractivity contribution in [3.8, 4) is 0 Å². The van der Waals surface area contributed by atoms with Crippen molar-refractivity contribution in [1.29, 1.82) is 0 Å². The van der Waals surface area contributed by atoms with E-state index in [2.05, 4.69) is 25.7 Å². The first-order valence-electron chi connectivity index (χ1n) is 7.21. The summed E-state index contributed by atoms with van der Waals surface area (Å²) in [6, 6.07) is 0. The SMILES string of the molecule is CNC(=O)CNC(=O)COC(=O)Cc1c(C)nc2ncnn2c1C. The number of nitrogens with zero attached hydrogens (tertiary/aromatic N) is 4. The lowest BCUT2D eigenvalue weighted by Crippen LogP contribution is -2.37. The number of hydrogen-bond donors (Lipinski definition) is 2. The Labute approximate surface area is 137 Å². The average Bonchev–Trinajstić information content (AvgIpc) is 3.02. The number of aryl methyl sites for hydroxylation is 2. The van der Waals surface area contributed by atoms with E-state index >= 15 is 0 Å². The molecule has 0 saturated heterocycles. The highest BCUT2D eigenvalue weighted by molar-refractivity contribution is 5.86. The minimum absolute atomic E-state index is 0.0385. The van der Waals surface area contributed by atoms with Gasteiger partial charge in [0.2, 0.25) is 5.91 Å². The molecule has 2 amide bonds. The fourth-order valence-corrected chi connectivity index (χ4v) is 2.07. The molecule has 0 radical (unpaired) electrons. The molecule has 2 N–H and O–H groups in total. The van der Waals surface area contributed by atoms with Crippen molar-refractivity contribution in [2.45, 2.75) is 20.3 Å². The Morgan fingerprint density at radius 1 is 1.25 bits per heavy atom. The molecule has 10 heteroatoms. The van der Waals surface area contributed by atoms with Crippen LogP contribution in [-0.4, -0.2) is 57.6 Å². The zero-order valence-corrected chi connectivity index (χ0v) is 13.6. The van der Waals surface area contributed by atoms with E-state index in [4.69, 9.17) is 4.74 Å². The van der Waals surface area contributed by atoms with Crippen LogP contribution in [-0.2, 0) is 25.5 Å². The van der Waals surface area contributed by atoms with E-state index in [0.29, 0.717) is 17.0 Å². The van der Waals surface area contributed by atoms with Crippen LogP contribution in [0, 0.1) is 13.8 Å². The maximum Gasteiger partial charge on any atom is 0.310 e. The Morgan fingerprint density at radius 2 is 2.00 bits per heavy atom. The molecule has 2 heterocycles. The zero-order valence-electron chi connectivity index (χ0n) is 13.6. The van der Waals surface area contributed by atoms with Gasteiger partial charge in [-0.25, -0.2) is 9.50 Å². The van der Waals surface area contributed by atoms with Crippen LogP contribution in [0.3, 0.4) is 0 Å². The molecule has 0 aliphatic carbocycles. The molecule has 0 saturated carbocycles. The summed E-state index contributed by atoms with van der Waals surface area (Å²) >= 11 is 0. The van der Waals surface area contributed by atoms with E-state index in [9.17, 15) is 14.4 Å². The summed E-state index contributed by atoms with van der Waals surface area (Å²) in [4.78, 5) is 42.7. The van der Waals surface area contributed by atoms with Gasteiger partial charge in [0.25, 0.3) is 11.7 Å². The van der Waals surface area contributed by atoms with Crippen LogP contribution in [0.4, 0.5) is 0 Å². The predicted octanol–water partition coefficient (Wildman–Crippen LogP) is -1.31. The molecule has 0 aliphatic heterocycles. The summed E-state index contributed by atoms with van der Waals surface area (Å²) in [5, 5.41) is 8.73. The second-order valence-electron chi connectivity index (χ2n) is 5.02. The summed E-state index contributed by atoms with van der Waals surface area (Å²) in [7, 11) is 1.46. The van der Waals surface area contributed by atoms with Gasteiger partial charge in [-0.3, -0.25) is 14.4 Å². The Bertz CT molecular complexity index is 785. The van der Waals surface area contributed by atoms with Crippen molar-refractivity contribution in [2.24, 2.45) is 0 Å². The van der Waals surface area contributed by atoms with E-state index in [0.717, 1.165) is 5.69 Å². The second kappa shape index (κ2) is 7.49. The first-order valence-corrected chi connectivity index (χ1v) is 7.21. The first-order chi connectivity index (χ1) is 11.4. The molecule has 0 atom stereocenters. The van der Waals surface area contributed by atoms with Gasteiger partial charge in [0, 0.05) is 24.0 Å². The molecule has 0 fully saturated rings. The van der Waals surface area contributed by atoms with Gasteiger partial charge >= 0.3 is 5.97 Å². The summed E-state index contributed by atoms with van der Waals surface area (Å²) in [6.45, 7) is 2.94. The van der Waals surface area contributed by atoms with Gasteiger partial charge in [0.1, 0.15) is 6.33 Å². The first kappa shape index (κ1) is 17.3. The Balaban J connectivity index is 1.93. The third kappa shape index (κ3) is 4.03. The lowest BCUT2D eigenvalue weighted by molar-refractivity contribution is -0.148. The van der Waals surface area contributed by atoms with Crippen molar-refractivity contribution in [3.05, 3.63) is 23.3 Å². The van der Waals surface area contributed by atoms with Gasteiger partial charge in [-0.1, -0.05) is 0 Å². The van der Waals surface area contributed by atoms with E-state index in [1.807, 2.05) is 0 Å². The van der Waals surface area contributed by atoms with Crippen LogP contribution in [0.5, 0.6) is 0 Å². The van der Waals surface area contributed by atoms with E-state index in [-0.39, 0.29) is 18.9 Å². The largest absolute Gasteiger partial charge is 0.455 e. The molecule has 0 bridgehead atoms. The number of carbonyl (C=O) groups is 3. The standard InChI is InChI=1S/C14H18N6O4/c1-8-10(9(2)20-14(19-8)17-7-18-20)4-13(23)24-6-12(22)16-5-11(21)15-3/h7H,4-6H2,1-3H3,(H,15,21)(H,16,22). The van der Waals surface area contributed by atoms with Gasteiger partial charge in [-0.05, 0) is 13.8 Å². The number of aromatic nitrogens is 4. The van der Waals surface area contributed by atoms with Crippen LogP contribution >= 0.6 is 0 Å². The predicted molar refractivity (Wildman–Crippen MR) is 82.0 cm³/mol. The smallest absolute Gasteiger partial charge is 0.310 e. The maximum absolute atomic E-state index is 11.9. The number of amides is 2. The number of esters is 1. The highest BCUT2D eigenvalue weighted by Crippen LogP contribution is 2.13. The average molecular weight is 334 g/mol. The van der Waals surface area contributed by atoms with Crippen LogP contribution in [0.2, 0.25) is 0 Å². The Kier molecular flexibility index (Phi) is 5.40. The molecule has 2 rings (SSSR count).